The summed E-state index contributed by atoms with van der Waals surface area (Å²) < 4.78 is 15.4. The monoisotopic (exact) mass is 247 g/mol. The van der Waals surface area contributed by atoms with Crippen molar-refractivity contribution in [3.05, 3.63) is 29.8 Å². The fourth-order valence-corrected chi connectivity index (χ4v) is 1.26. The van der Waals surface area contributed by atoms with Crippen LogP contribution in [0.5, 0.6) is 23.8 Å². The molecule has 1 heterocycles. The van der Waals surface area contributed by atoms with E-state index in [2.05, 4.69) is 15.0 Å². The fourth-order valence-electron chi connectivity index (χ4n) is 1.26. The van der Waals surface area contributed by atoms with E-state index in [1.54, 1.807) is 0 Å². The van der Waals surface area contributed by atoms with Crippen LogP contribution in [-0.2, 0) is 0 Å². The number of hydrogen-bond donors (Lipinski definition) is 0. The van der Waals surface area contributed by atoms with Crippen molar-refractivity contribution in [2.45, 2.75) is 6.92 Å². The lowest BCUT2D eigenvalue weighted by atomic mass is 10.2. The van der Waals surface area contributed by atoms with Gasteiger partial charge in [-0.3, -0.25) is 0 Å². The van der Waals surface area contributed by atoms with Crippen LogP contribution in [0.3, 0.4) is 0 Å². The van der Waals surface area contributed by atoms with Gasteiger partial charge in [-0.15, -0.1) is 15.0 Å². The van der Waals surface area contributed by atoms with Crippen LogP contribution in [0.2, 0.25) is 0 Å². The lowest BCUT2D eigenvalue weighted by Gasteiger charge is -2.06. The van der Waals surface area contributed by atoms with Crippen LogP contribution in [-0.4, -0.2) is 29.2 Å². The second-order valence-electron chi connectivity index (χ2n) is 3.51. The molecule has 0 fully saturated rings. The third-order valence-corrected chi connectivity index (χ3v) is 2.17. The first-order valence-electron chi connectivity index (χ1n) is 5.30. The van der Waals surface area contributed by atoms with Gasteiger partial charge in [0.2, 0.25) is 0 Å². The highest BCUT2D eigenvalue weighted by molar-refractivity contribution is 5.28. The molecule has 0 bridgehead atoms. The zero-order valence-electron chi connectivity index (χ0n) is 10.4. The minimum Gasteiger partial charge on any atom is -0.467 e. The number of nitrogens with zero attached hydrogens (tertiary/aromatic N) is 3. The second kappa shape index (κ2) is 5.31. The first-order valence-corrected chi connectivity index (χ1v) is 5.30. The van der Waals surface area contributed by atoms with E-state index in [1.807, 2.05) is 31.2 Å². The molecule has 6 heteroatoms. The number of methoxy groups -OCH3 is 2. The zero-order valence-corrected chi connectivity index (χ0v) is 10.4. The second-order valence-corrected chi connectivity index (χ2v) is 3.51. The molecule has 0 spiro atoms. The van der Waals surface area contributed by atoms with E-state index < -0.39 is 0 Å². The molecule has 0 saturated carbocycles. The smallest absolute Gasteiger partial charge is 0.331 e. The first-order chi connectivity index (χ1) is 8.71. The van der Waals surface area contributed by atoms with E-state index in [9.17, 15) is 0 Å². The number of ether oxygens (including phenoxy) is 3. The zero-order chi connectivity index (χ0) is 13.0. The van der Waals surface area contributed by atoms with Crippen molar-refractivity contribution in [1.82, 2.24) is 15.0 Å². The van der Waals surface area contributed by atoms with Crippen molar-refractivity contribution in [3.8, 4) is 23.8 Å². The Morgan fingerprint density at radius 3 is 1.78 bits per heavy atom. The molecule has 0 N–H and O–H groups in total. The highest BCUT2D eigenvalue weighted by atomic mass is 16.5. The Balaban J connectivity index is 2.25. The number of hydrogen-bond acceptors (Lipinski definition) is 6. The van der Waals surface area contributed by atoms with E-state index in [1.165, 1.54) is 14.2 Å². The predicted octanol–water partition coefficient (Wildman–Crippen LogP) is 1.99. The molecule has 6 nitrogen and oxygen atoms in total. The predicted molar refractivity (Wildman–Crippen MR) is 64.2 cm³/mol. The Morgan fingerprint density at radius 1 is 0.778 bits per heavy atom. The van der Waals surface area contributed by atoms with E-state index in [-0.39, 0.29) is 18.0 Å². The molecule has 2 rings (SSSR count). The number of rotatable bonds is 4. The summed E-state index contributed by atoms with van der Waals surface area (Å²) in [5.74, 6) is 0.635. The Hall–Kier alpha value is -2.37. The van der Waals surface area contributed by atoms with Gasteiger partial charge >= 0.3 is 18.0 Å². The molecule has 1 aromatic heterocycles. The van der Waals surface area contributed by atoms with Gasteiger partial charge in [0, 0.05) is 0 Å². The van der Waals surface area contributed by atoms with E-state index in [0.29, 0.717) is 5.75 Å². The van der Waals surface area contributed by atoms with Crippen molar-refractivity contribution in [3.63, 3.8) is 0 Å². The average Bonchev–Trinajstić information content (AvgIpc) is 2.41. The van der Waals surface area contributed by atoms with Crippen LogP contribution in [0.25, 0.3) is 0 Å². The molecule has 94 valence electrons. The molecule has 1 aromatic carbocycles. The first kappa shape index (κ1) is 12.1. The van der Waals surface area contributed by atoms with E-state index in [4.69, 9.17) is 14.2 Å². The van der Waals surface area contributed by atoms with Crippen molar-refractivity contribution in [2.75, 3.05) is 14.2 Å². The van der Waals surface area contributed by atoms with E-state index in [0.717, 1.165) is 5.56 Å². The minimum atomic E-state index is 0.127. The normalized spacial score (nSPS) is 9.94. The molecule has 0 aliphatic heterocycles. The molecule has 2 aromatic rings. The number of aryl methyl sites for hydroxylation is 1. The molecule has 0 aliphatic rings. The largest absolute Gasteiger partial charge is 0.467 e. The van der Waals surface area contributed by atoms with Gasteiger partial charge in [-0.25, -0.2) is 0 Å². The van der Waals surface area contributed by atoms with Crippen LogP contribution in [0.15, 0.2) is 24.3 Å². The van der Waals surface area contributed by atoms with Gasteiger partial charge in [-0.1, -0.05) is 17.7 Å². The van der Waals surface area contributed by atoms with Crippen molar-refractivity contribution >= 4 is 0 Å². The molecular weight excluding hydrogens is 234 g/mol. The van der Waals surface area contributed by atoms with E-state index >= 15 is 0 Å². The lowest BCUT2D eigenvalue weighted by Crippen LogP contribution is -2.01. The fraction of sp³-hybridized carbons (Fsp3) is 0.250. The summed E-state index contributed by atoms with van der Waals surface area (Å²) in [5, 5.41) is 0. The maximum atomic E-state index is 5.50. The SMILES string of the molecule is COc1nc(OC)nc(Oc2ccc(C)cc2)n1. The molecule has 0 radical (unpaired) electrons. The topological polar surface area (TPSA) is 66.4 Å². The summed E-state index contributed by atoms with van der Waals surface area (Å²) in [6, 6.07) is 7.95. The summed E-state index contributed by atoms with van der Waals surface area (Å²) in [4.78, 5) is 11.8. The van der Waals surface area contributed by atoms with Gasteiger partial charge in [0.1, 0.15) is 5.75 Å². The summed E-state index contributed by atoms with van der Waals surface area (Å²) in [6.07, 6.45) is 0. The maximum Gasteiger partial charge on any atom is 0.331 e. The Labute approximate surface area is 105 Å². The maximum absolute atomic E-state index is 5.50. The van der Waals surface area contributed by atoms with Gasteiger partial charge in [0.15, 0.2) is 0 Å². The molecule has 0 unspecified atom stereocenters. The minimum absolute atomic E-state index is 0.127. The van der Waals surface area contributed by atoms with Crippen LogP contribution in [0.1, 0.15) is 5.56 Å². The Bertz CT molecular complexity index is 506. The van der Waals surface area contributed by atoms with Crippen LogP contribution in [0.4, 0.5) is 0 Å². The highest BCUT2D eigenvalue weighted by Crippen LogP contribution is 2.21. The van der Waals surface area contributed by atoms with Crippen LogP contribution in [0, 0.1) is 6.92 Å². The Morgan fingerprint density at radius 2 is 1.28 bits per heavy atom. The summed E-state index contributed by atoms with van der Waals surface area (Å²) in [7, 11) is 2.93. The molecule has 0 atom stereocenters. The summed E-state index contributed by atoms with van der Waals surface area (Å²) >= 11 is 0. The van der Waals surface area contributed by atoms with Crippen molar-refractivity contribution in [2.24, 2.45) is 0 Å². The Kier molecular flexibility index (Phi) is 3.57. The third-order valence-electron chi connectivity index (χ3n) is 2.17. The molecule has 18 heavy (non-hydrogen) atoms. The molecule has 0 aliphatic carbocycles. The summed E-state index contributed by atoms with van der Waals surface area (Å²) in [5.41, 5.74) is 1.15. The van der Waals surface area contributed by atoms with Gasteiger partial charge in [0.25, 0.3) is 0 Å². The van der Waals surface area contributed by atoms with Gasteiger partial charge in [-0.2, -0.15) is 0 Å². The van der Waals surface area contributed by atoms with Gasteiger partial charge in [0.05, 0.1) is 14.2 Å². The summed E-state index contributed by atoms with van der Waals surface area (Å²) in [6.45, 7) is 2.00. The molecule has 0 saturated heterocycles. The lowest BCUT2D eigenvalue weighted by molar-refractivity contribution is 0.320. The number of benzene rings is 1. The van der Waals surface area contributed by atoms with Crippen LogP contribution < -0.4 is 14.2 Å². The average molecular weight is 247 g/mol. The quantitative estimate of drug-likeness (QED) is 0.823. The van der Waals surface area contributed by atoms with Gasteiger partial charge in [-0.05, 0) is 19.1 Å². The number of aromatic nitrogens is 3. The third kappa shape index (κ3) is 2.85. The molecular formula is C12H13N3O3. The standard InChI is InChI=1S/C12H13N3O3/c1-8-4-6-9(7-5-8)18-12-14-10(16-2)13-11(15-12)17-3/h4-7H,1-3H3. The molecule has 0 amide bonds. The van der Waals surface area contributed by atoms with Crippen molar-refractivity contribution in [1.29, 1.82) is 0 Å². The van der Waals surface area contributed by atoms with Crippen LogP contribution >= 0.6 is 0 Å². The van der Waals surface area contributed by atoms with Gasteiger partial charge < -0.3 is 14.2 Å². The van der Waals surface area contributed by atoms with Crippen molar-refractivity contribution < 1.29 is 14.2 Å². The highest BCUT2D eigenvalue weighted by Gasteiger charge is 2.08.